The first-order valence-corrected chi connectivity index (χ1v) is 14.9. The summed E-state index contributed by atoms with van der Waals surface area (Å²) in [5.41, 5.74) is 0.273. The summed E-state index contributed by atoms with van der Waals surface area (Å²) in [6, 6.07) is 14.2. The van der Waals surface area contributed by atoms with Crippen molar-refractivity contribution >= 4 is 35.7 Å². The molecule has 0 bridgehead atoms. The van der Waals surface area contributed by atoms with E-state index in [1.807, 2.05) is 0 Å². The zero-order valence-electron chi connectivity index (χ0n) is 26.0. The van der Waals surface area contributed by atoms with E-state index in [1.165, 1.54) is 24.3 Å². The standard InChI is InChI=1S/C35H30O13/c1-17(36)44-30-16-43-29(32(45-18(2)37)33(30)46-19(3)38)15-20(39)8-10-23-27(41)13-12-26-31(23)47-28-14-21(40)9-11-25(28)35(26)24-7-5-4-6-22(24)34(42)48-35/h4-14,29-30,32-33,40-41H,15-16H2,1-3H3/b10-8+/t29-,30+,32-,33-,35?/m0/s1. The van der Waals surface area contributed by atoms with Crippen LogP contribution in [0.3, 0.4) is 0 Å². The van der Waals surface area contributed by atoms with E-state index in [2.05, 4.69) is 0 Å². The maximum atomic E-state index is 13.4. The Bertz CT molecular complexity index is 1880. The van der Waals surface area contributed by atoms with Crippen LogP contribution in [0.15, 0.2) is 60.7 Å². The highest BCUT2D eigenvalue weighted by Crippen LogP contribution is 2.58. The average molecular weight is 659 g/mol. The lowest BCUT2D eigenvalue weighted by atomic mass is 9.77. The minimum Gasteiger partial charge on any atom is -0.508 e. The summed E-state index contributed by atoms with van der Waals surface area (Å²) in [4.78, 5) is 62.0. The van der Waals surface area contributed by atoms with Gasteiger partial charge in [-0.2, -0.15) is 0 Å². The number of phenols is 2. The van der Waals surface area contributed by atoms with Gasteiger partial charge in [-0.05, 0) is 42.5 Å². The van der Waals surface area contributed by atoms with E-state index >= 15 is 0 Å². The Hall–Kier alpha value is -5.69. The van der Waals surface area contributed by atoms with E-state index in [-0.39, 0.29) is 41.6 Å². The second-order valence-electron chi connectivity index (χ2n) is 11.4. The molecule has 0 radical (unpaired) electrons. The lowest BCUT2D eigenvalue weighted by Crippen LogP contribution is -2.57. The molecular formula is C35H30O13. The largest absolute Gasteiger partial charge is 0.508 e. The van der Waals surface area contributed by atoms with Gasteiger partial charge in [-0.3, -0.25) is 19.2 Å². The number of fused-ring (bicyclic) bond motifs is 6. The number of hydrogen-bond acceptors (Lipinski definition) is 13. The fourth-order valence-corrected chi connectivity index (χ4v) is 6.33. The summed E-state index contributed by atoms with van der Waals surface area (Å²) in [5.74, 6) is -3.40. The van der Waals surface area contributed by atoms with E-state index in [0.29, 0.717) is 22.3 Å². The number of benzene rings is 3. The lowest BCUT2D eigenvalue weighted by Gasteiger charge is -2.40. The molecule has 248 valence electrons. The van der Waals surface area contributed by atoms with E-state index < -0.39 is 59.7 Å². The van der Waals surface area contributed by atoms with E-state index in [9.17, 15) is 34.2 Å². The molecule has 48 heavy (non-hydrogen) atoms. The van der Waals surface area contributed by atoms with Crippen LogP contribution in [-0.2, 0) is 48.5 Å². The molecule has 0 amide bonds. The highest BCUT2D eigenvalue weighted by atomic mass is 16.6. The first-order chi connectivity index (χ1) is 22.9. The van der Waals surface area contributed by atoms with Crippen LogP contribution in [0.1, 0.15) is 59.8 Å². The van der Waals surface area contributed by atoms with Crippen molar-refractivity contribution in [3.05, 3.63) is 88.5 Å². The van der Waals surface area contributed by atoms with Gasteiger partial charge < -0.3 is 38.6 Å². The zero-order valence-corrected chi connectivity index (χ0v) is 26.0. The minimum absolute atomic E-state index is 0.0726. The van der Waals surface area contributed by atoms with Crippen LogP contribution in [0.2, 0.25) is 0 Å². The topological polar surface area (TPSA) is 181 Å². The normalized spacial score (nSPS) is 23.7. The Kier molecular flexibility index (Phi) is 8.39. The summed E-state index contributed by atoms with van der Waals surface area (Å²) >= 11 is 0. The molecule has 3 aliphatic heterocycles. The Morgan fingerprint density at radius 2 is 1.56 bits per heavy atom. The molecule has 3 aromatic rings. The van der Waals surface area contributed by atoms with Crippen molar-refractivity contribution in [2.75, 3.05) is 6.61 Å². The highest BCUT2D eigenvalue weighted by molar-refractivity contribution is 5.98. The van der Waals surface area contributed by atoms with Gasteiger partial charge in [-0.15, -0.1) is 0 Å². The van der Waals surface area contributed by atoms with Gasteiger partial charge in [0, 0.05) is 49.9 Å². The highest BCUT2D eigenvalue weighted by Gasteiger charge is 2.54. The molecule has 6 rings (SSSR count). The molecule has 13 nitrogen and oxygen atoms in total. The lowest BCUT2D eigenvalue weighted by molar-refractivity contribution is -0.225. The van der Waals surface area contributed by atoms with Gasteiger partial charge in [0.2, 0.25) is 0 Å². The number of rotatable bonds is 7. The summed E-state index contributed by atoms with van der Waals surface area (Å²) in [6.45, 7) is 3.18. The van der Waals surface area contributed by atoms with Crippen molar-refractivity contribution in [2.24, 2.45) is 0 Å². The Morgan fingerprint density at radius 1 is 0.875 bits per heavy atom. The van der Waals surface area contributed by atoms with Crippen LogP contribution >= 0.6 is 0 Å². The van der Waals surface area contributed by atoms with Crippen LogP contribution in [0.25, 0.3) is 6.08 Å². The maximum Gasteiger partial charge on any atom is 0.340 e. The quantitative estimate of drug-likeness (QED) is 0.213. The fraction of sp³-hybridized carbons (Fsp3) is 0.286. The molecule has 1 unspecified atom stereocenters. The number of carbonyl (C=O) groups excluding carboxylic acids is 5. The third-order valence-electron chi connectivity index (χ3n) is 8.17. The Balaban J connectivity index is 1.35. The molecule has 3 aliphatic rings. The van der Waals surface area contributed by atoms with Crippen molar-refractivity contribution in [1.82, 2.24) is 0 Å². The number of carbonyl (C=O) groups is 5. The molecule has 1 spiro atoms. The van der Waals surface area contributed by atoms with Crippen LogP contribution < -0.4 is 4.74 Å². The van der Waals surface area contributed by atoms with Gasteiger partial charge in [-0.1, -0.05) is 18.2 Å². The third-order valence-corrected chi connectivity index (χ3v) is 8.17. The number of esters is 4. The average Bonchev–Trinajstić information content (AvgIpc) is 3.31. The fourth-order valence-electron chi connectivity index (χ4n) is 6.33. The monoisotopic (exact) mass is 658 g/mol. The molecule has 5 atom stereocenters. The number of phenolic OH excluding ortho intramolecular Hbond substituents is 2. The predicted molar refractivity (Wildman–Crippen MR) is 163 cm³/mol. The minimum atomic E-state index is -1.48. The van der Waals surface area contributed by atoms with Crippen LogP contribution in [0.4, 0.5) is 0 Å². The molecule has 1 fully saturated rings. The molecule has 3 heterocycles. The molecule has 0 saturated carbocycles. The number of hydrogen-bond donors (Lipinski definition) is 2. The van der Waals surface area contributed by atoms with Crippen molar-refractivity contribution in [2.45, 2.75) is 57.2 Å². The van der Waals surface area contributed by atoms with Gasteiger partial charge >= 0.3 is 23.9 Å². The van der Waals surface area contributed by atoms with E-state index in [1.54, 1.807) is 36.4 Å². The predicted octanol–water partition coefficient (Wildman–Crippen LogP) is 3.83. The Morgan fingerprint density at radius 3 is 2.29 bits per heavy atom. The second kappa shape index (κ2) is 12.5. The molecule has 13 heteroatoms. The summed E-state index contributed by atoms with van der Waals surface area (Å²) in [5, 5.41) is 21.3. The SMILES string of the molecule is CC(=O)O[C@@H]1[C@@H](OC(C)=O)[C@H](OC(C)=O)CO[C@H]1CC(=O)/C=C/c1c(O)ccc2c1Oc1cc(O)ccc1C21OC(=O)c2ccccc21. The molecule has 0 aromatic heterocycles. The van der Waals surface area contributed by atoms with E-state index in [4.69, 9.17) is 28.4 Å². The molecule has 1 saturated heterocycles. The first-order valence-electron chi connectivity index (χ1n) is 14.9. The van der Waals surface area contributed by atoms with Gasteiger partial charge in [0.15, 0.2) is 29.7 Å². The van der Waals surface area contributed by atoms with Crippen LogP contribution in [0.5, 0.6) is 23.0 Å². The Labute approximate surface area is 273 Å². The molecule has 2 N–H and O–H groups in total. The van der Waals surface area contributed by atoms with Crippen molar-refractivity contribution in [3.8, 4) is 23.0 Å². The third kappa shape index (κ3) is 5.72. The summed E-state index contributed by atoms with van der Waals surface area (Å²) in [6.07, 6.45) is -2.60. The number of ketones is 1. The van der Waals surface area contributed by atoms with Crippen molar-refractivity contribution in [1.29, 1.82) is 0 Å². The number of aromatic hydroxyl groups is 2. The van der Waals surface area contributed by atoms with E-state index in [0.717, 1.165) is 26.8 Å². The van der Waals surface area contributed by atoms with Gasteiger partial charge in [-0.25, -0.2) is 4.79 Å². The van der Waals surface area contributed by atoms with Crippen LogP contribution in [0, 0.1) is 0 Å². The summed E-state index contributed by atoms with van der Waals surface area (Å²) in [7, 11) is 0. The zero-order chi connectivity index (χ0) is 34.3. The first kappa shape index (κ1) is 32.3. The molecule has 0 aliphatic carbocycles. The van der Waals surface area contributed by atoms with Gasteiger partial charge in [0.25, 0.3) is 0 Å². The second-order valence-corrected chi connectivity index (χ2v) is 11.4. The molecular weight excluding hydrogens is 628 g/mol. The van der Waals surface area contributed by atoms with Crippen molar-refractivity contribution in [3.63, 3.8) is 0 Å². The molecule has 3 aromatic carbocycles. The van der Waals surface area contributed by atoms with Crippen molar-refractivity contribution < 1.29 is 62.6 Å². The van der Waals surface area contributed by atoms with Gasteiger partial charge in [0.05, 0.1) is 17.7 Å². The number of allylic oxidation sites excluding steroid dienone is 1. The number of ether oxygens (including phenoxy) is 6. The van der Waals surface area contributed by atoms with Crippen LogP contribution in [-0.4, -0.2) is 70.9 Å². The van der Waals surface area contributed by atoms with Gasteiger partial charge in [0.1, 0.15) is 29.1 Å². The summed E-state index contributed by atoms with van der Waals surface area (Å²) < 4.78 is 34.0. The smallest absolute Gasteiger partial charge is 0.340 e. The maximum absolute atomic E-state index is 13.4.